The first-order chi connectivity index (χ1) is 11.6. The van der Waals surface area contributed by atoms with Gasteiger partial charge in [0.15, 0.2) is 0 Å². The summed E-state index contributed by atoms with van der Waals surface area (Å²) in [6.45, 7) is 9.13. The summed E-state index contributed by atoms with van der Waals surface area (Å²) in [5, 5.41) is 0.0635. The van der Waals surface area contributed by atoms with Gasteiger partial charge in [-0.3, -0.25) is 0 Å². The van der Waals surface area contributed by atoms with Crippen molar-refractivity contribution in [3.63, 3.8) is 0 Å². The Labute approximate surface area is 177 Å². The molecule has 2 radical (unpaired) electrons. The van der Waals surface area contributed by atoms with E-state index >= 15 is 0 Å². The van der Waals surface area contributed by atoms with E-state index in [1.54, 1.807) is 0 Å². The Balaban J connectivity index is 4.40. The molecule has 0 aromatic heterocycles. The zero-order chi connectivity index (χ0) is 18.2. The van der Waals surface area contributed by atoms with Crippen LogP contribution in [0.15, 0.2) is 0 Å². The topological polar surface area (TPSA) is 9.23 Å². The molecule has 144 valence electrons. The molecule has 0 fully saturated rings. The molecule has 2 unspecified atom stereocenters. The van der Waals surface area contributed by atoms with Gasteiger partial charge in [-0.15, -0.1) is 0 Å². The Morgan fingerprint density at radius 2 is 1.12 bits per heavy atom. The van der Waals surface area contributed by atoms with Crippen LogP contribution in [0, 0.1) is 0 Å². The summed E-state index contributed by atoms with van der Waals surface area (Å²) >= 11 is 10.2. The van der Waals surface area contributed by atoms with E-state index in [-0.39, 0.29) is 10.9 Å². The first-order valence-corrected chi connectivity index (χ1v) is 22.3. The van der Waals surface area contributed by atoms with Crippen molar-refractivity contribution in [2.45, 2.75) is 112 Å². The molecule has 5 heteroatoms. The molecule has 24 heavy (non-hydrogen) atoms. The summed E-state index contributed by atoms with van der Waals surface area (Å²) in [7, 11) is 0. The van der Waals surface area contributed by atoms with Gasteiger partial charge in [-0.25, -0.2) is 0 Å². The molecule has 0 saturated carbocycles. The number of hydrogen-bond acceptors (Lipinski definition) is 1. The summed E-state index contributed by atoms with van der Waals surface area (Å²) < 4.78 is 13.2. The van der Waals surface area contributed by atoms with Crippen LogP contribution in [0.2, 0.25) is 22.2 Å². The molecule has 0 aliphatic rings. The number of unbranched alkanes of at least 4 members (excludes halogenated alkanes) is 4. The molecule has 2 atom stereocenters. The molecule has 0 N–H and O–H groups in total. The third-order valence-corrected chi connectivity index (χ3v) is 22.3. The molecule has 0 saturated heterocycles. The van der Waals surface area contributed by atoms with Gasteiger partial charge in [0.05, 0.1) is 0 Å². The molecular weight excluding hydrogens is 553 g/mol. The van der Waals surface area contributed by atoms with E-state index in [0.717, 1.165) is 0 Å². The van der Waals surface area contributed by atoms with Crippen molar-refractivity contribution in [3.8, 4) is 0 Å². The second-order valence-corrected chi connectivity index (χ2v) is 22.8. The van der Waals surface area contributed by atoms with Crippen LogP contribution in [0.25, 0.3) is 0 Å². The fraction of sp³-hybridized carbons (Fsp3) is 1.00. The van der Waals surface area contributed by atoms with Crippen LogP contribution in [0.5, 0.6) is 0 Å². The van der Waals surface area contributed by atoms with Crippen LogP contribution in [0.3, 0.4) is 0 Å². The first kappa shape index (κ1) is 26.1. The molecule has 0 heterocycles. The van der Waals surface area contributed by atoms with E-state index in [9.17, 15) is 0 Å². The van der Waals surface area contributed by atoms with Crippen LogP contribution in [-0.2, 0) is 3.07 Å². The van der Waals surface area contributed by atoms with Crippen LogP contribution < -0.4 is 0 Å². The first-order valence-electron chi connectivity index (χ1n) is 10.2. The summed E-state index contributed by atoms with van der Waals surface area (Å²) in [6.07, 6.45) is 10.6. The maximum atomic E-state index is 6.72. The van der Waals surface area contributed by atoms with Gasteiger partial charge in [-0.2, -0.15) is 0 Å². The third-order valence-electron chi connectivity index (χ3n) is 4.43. The monoisotopic (exact) mass is 594 g/mol. The van der Waals surface area contributed by atoms with E-state index in [1.165, 1.54) is 73.6 Å². The standard InChI is InChI=1S/4C4H9.C3H4Cl2O.2Sn/c4*1-3-4-2;1-2(4)3(5)6;;/h4*1,3-4H2,2H3;2-3H,1H2;;/q;;;;-1;;+1. The van der Waals surface area contributed by atoms with Gasteiger partial charge in [0.25, 0.3) is 0 Å². The second-order valence-electron chi connectivity index (χ2n) is 6.89. The van der Waals surface area contributed by atoms with E-state index < -0.39 is 39.9 Å². The van der Waals surface area contributed by atoms with Crippen molar-refractivity contribution in [3.05, 3.63) is 0 Å². The summed E-state index contributed by atoms with van der Waals surface area (Å²) in [6, 6.07) is 0. The van der Waals surface area contributed by atoms with E-state index in [0.29, 0.717) is 0 Å². The van der Waals surface area contributed by atoms with Crippen molar-refractivity contribution in [2.75, 3.05) is 0 Å². The van der Waals surface area contributed by atoms with E-state index in [4.69, 9.17) is 26.3 Å². The van der Waals surface area contributed by atoms with Crippen molar-refractivity contribution < 1.29 is 3.07 Å². The average molecular weight is 593 g/mol. The summed E-state index contributed by atoms with van der Waals surface area (Å²) in [5.41, 5.74) is -0.214. The number of hydrogen-bond donors (Lipinski definition) is 0. The number of rotatable bonds is 17. The van der Waals surface area contributed by atoms with E-state index in [1.807, 2.05) is 0 Å². The Bertz CT molecular complexity index is 228. The fourth-order valence-corrected chi connectivity index (χ4v) is 21.9. The fourth-order valence-electron chi connectivity index (χ4n) is 2.77. The van der Waals surface area contributed by atoms with Crippen molar-refractivity contribution in [2.24, 2.45) is 0 Å². The van der Waals surface area contributed by atoms with Gasteiger partial charge >= 0.3 is 178 Å². The van der Waals surface area contributed by atoms with Gasteiger partial charge in [0.2, 0.25) is 0 Å². The predicted molar refractivity (Wildman–Crippen MR) is 116 cm³/mol. The van der Waals surface area contributed by atoms with Gasteiger partial charge in [0.1, 0.15) is 0 Å². The molecule has 0 aliphatic heterocycles. The number of alkyl halides is 2. The van der Waals surface area contributed by atoms with Crippen LogP contribution in [-0.4, -0.2) is 50.9 Å². The molecule has 0 amide bonds. The molecule has 0 bridgehead atoms. The van der Waals surface area contributed by atoms with Gasteiger partial charge in [-0.1, -0.05) is 0 Å². The van der Waals surface area contributed by atoms with Gasteiger partial charge in [-0.05, 0) is 0 Å². The third kappa shape index (κ3) is 14.2. The van der Waals surface area contributed by atoms with Gasteiger partial charge in [0, 0.05) is 0 Å². The normalized spacial score (nSPS) is 14.5. The van der Waals surface area contributed by atoms with Crippen LogP contribution >= 0.6 is 23.2 Å². The Morgan fingerprint density at radius 1 is 0.708 bits per heavy atom. The molecule has 0 aromatic rings. The number of halogens is 2. The molecule has 0 rings (SSSR count). The molecule has 0 aliphatic carbocycles. The summed E-state index contributed by atoms with van der Waals surface area (Å²) in [4.78, 5) is 0. The second kappa shape index (κ2) is 18.5. The van der Waals surface area contributed by atoms with Crippen molar-refractivity contribution in [1.82, 2.24) is 0 Å². The average Bonchev–Trinajstić information content (AvgIpc) is 2.59. The Kier molecular flexibility index (Phi) is 20.1. The molecule has 0 spiro atoms. The Morgan fingerprint density at radius 3 is 1.54 bits per heavy atom. The zero-order valence-electron chi connectivity index (χ0n) is 16.5. The summed E-state index contributed by atoms with van der Waals surface area (Å²) in [5.74, 6) is 0. The Hall–Kier alpha value is 2.14. The molecular formula is C19H40Cl2OSn2. The minimum absolute atomic E-state index is 0.0635. The van der Waals surface area contributed by atoms with E-state index in [2.05, 4.69) is 27.7 Å². The van der Waals surface area contributed by atoms with Crippen molar-refractivity contribution >= 4 is 63.1 Å². The minimum atomic E-state index is -1.78. The van der Waals surface area contributed by atoms with Crippen molar-refractivity contribution in [1.29, 1.82) is 0 Å². The van der Waals surface area contributed by atoms with Crippen LogP contribution in [0.4, 0.5) is 0 Å². The quantitative estimate of drug-likeness (QED) is 0.123. The molecule has 0 aromatic carbocycles. The predicted octanol–water partition coefficient (Wildman–Crippen LogP) is 7.86. The SMILES string of the molecule is CCC[CH2][Sn]([CH2]CCC)[CH2]C(Cl)C(Cl)[O][Sn]([CH2]CCC)[CH2]CCC. The zero-order valence-corrected chi connectivity index (χ0v) is 23.7. The van der Waals surface area contributed by atoms with Gasteiger partial charge < -0.3 is 0 Å². The molecule has 1 nitrogen and oxygen atoms in total. The maximum absolute atomic E-state index is 6.72. The van der Waals surface area contributed by atoms with Crippen LogP contribution in [0.1, 0.15) is 79.1 Å².